The Morgan fingerprint density at radius 3 is 2.48 bits per heavy atom. The van der Waals surface area contributed by atoms with Gasteiger partial charge in [0.25, 0.3) is 11.8 Å². The molecule has 2 aliphatic heterocycles. The van der Waals surface area contributed by atoms with Gasteiger partial charge in [0.05, 0.1) is 21.8 Å². The quantitative estimate of drug-likeness (QED) is 0.300. The summed E-state index contributed by atoms with van der Waals surface area (Å²) in [6.07, 6.45) is 2.63. The molecular weight excluding hydrogens is 595 g/mol. The lowest BCUT2D eigenvalue weighted by Crippen LogP contribution is -2.38. The van der Waals surface area contributed by atoms with Crippen LogP contribution in [0.15, 0.2) is 41.3 Å². The number of carbonyl (C=O) groups is 2. The van der Waals surface area contributed by atoms with Gasteiger partial charge in [-0.1, -0.05) is 43.1 Å². The van der Waals surface area contributed by atoms with Gasteiger partial charge in [-0.25, -0.2) is 8.42 Å². The van der Waals surface area contributed by atoms with Crippen LogP contribution in [0.5, 0.6) is 0 Å². The lowest BCUT2D eigenvalue weighted by molar-refractivity contribution is -0.110. The fourth-order valence-corrected chi connectivity index (χ4v) is 8.07. The molecule has 1 unspecified atom stereocenters. The minimum absolute atomic E-state index is 0.0246. The fourth-order valence-electron chi connectivity index (χ4n) is 5.95. The predicted octanol–water partition coefficient (Wildman–Crippen LogP) is 5.96. The summed E-state index contributed by atoms with van der Waals surface area (Å²) in [6, 6.07) is 9.73. The van der Waals surface area contributed by atoms with Crippen LogP contribution in [0.3, 0.4) is 0 Å². The van der Waals surface area contributed by atoms with Gasteiger partial charge < -0.3 is 15.2 Å². The van der Waals surface area contributed by atoms with Crippen molar-refractivity contribution < 1.29 is 18.0 Å². The van der Waals surface area contributed by atoms with E-state index in [1.165, 1.54) is 12.1 Å². The number of aromatic nitrogens is 1. The largest absolute Gasteiger partial charge is 0.358 e. The summed E-state index contributed by atoms with van der Waals surface area (Å²) < 4.78 is 26.7. The van der Waals surface area contributed by atoms with Gasteiger partial charge in [0.2, 0.25) is 0 Å². The predicted molar refractivity (Wildman–Crippen MR) is 168 cm³/mol. The first-order valence-corrected chi connectivity index (χ1v) is 16.4. The highest BCUT2D eigenvalue weighted by Crippen LogP contribution is 2.37. The highest BCUT2D eigenvalue weighted by Gasteiger charge is 2.33. The van der Waals surface area contributed by atoms with E-state index < -0.39 is 9.84 Å². The molecule has 2 aliphatic rings. The van der Waals surface area contributed by atoms with E-state index in [0.29, 0.717) is 52.8 Å². The first-order valence-electron chi connectivity index (χ1n) is 14.0. The molecule has 1 fully saturated rings. The Morgan fingerprint density at radius 1 is 1.12 bits per heavy atom. The number of hydrogen-bond donors (Lipinski definition) is 2. The van der Waals surface area contributed by atoms with Crippen LogP contribution in [-0.4, -0.2) is 67.2 Å². The molecule has 2 amide bonds. The van der Waals surface area contributed by atoms with Crippen molar-refractivity contribution in [3.05, 3.63) is 80.1 Å². The average molecular weight is 630 g/mol. The highest BCUT2D eigenvalue weighted by atomic mass is 35.5. The molecule has 3 aromatic rings. The number of anilines is 1. The Balaban J connectivity index is 1.45. The molecule has 1 atom stereocenters. The van der Waals surface area contributed by atoms with Gasteiger partial charge in [0.1, 0.15) is 0 Å². The number of H-pyrrole nitrogens is 1. The standard InChI is InChI=1S/C31H34Cl2N4O4S/c1-5-36(6-2)20-12-13-37(16-20)31(39)29-18(3)28(34-19(29)4)15-23-22-14-21(10-11-27(22)35-30(23)38)42(40,41)17-24-25(32)8-7-9-26(24)33/h7-11,14-15,20,34H,5-6,12-13,16-17H2,1-4H3,(H,35,38). The maximum absolute atomic E-state index is 13.6. The Hall–Kier alpha value is -3.11. The second-order valence-electron chi connectivity index (χ2n) is 10.8. The third kappa shape index (κ3) is 5.63. The summed E-state index contributed by atoms with van der Waals surface area (Å²) in [7, 11) is -3.84. The first kappa shape index (κ1) is 30.4. The van der Waals surface area contributed by atoms with Crippen molar-refractivity contribution in [1.29, 1.82) is 0 Å². The van der Waals surface area contributed by atoms with E-state index in [1.54, 1.807) is 30.3 Å². The topological polar surface area (TPSA) is 103 Å². The Labute approximate surface area is 256 Å². The smallest absolute Gasteiger partial charge is 0.256 e. The Kier molecular flexibility index (Phi) is 8.58. The number of sulfone groups is 1. The number of benzene rings is 2. The molecular formula is C31H34Cl2N4O4S. The third-order valence-electron chi connectivity index (χ3n) is 8.29. The number of fused-ring (bicyclic) bond motifs is 1. The SMILES string of the molecule is CCN(CC)C1CCN(C(=O)c2c(C)[nH]c(C=C3C(=O)Nc4ccc(S(=O)(=O)Cc5c(Cl)cccc5Cl)cc43)c2C)C1. The van der Waals surface area contributed by atoms with E-state index in [0.717, 1.165) is 30.8 Å². The lowest BCUT2D eigenvalue weighted by Gasteiger charge is -2.26. The number of nitrogens with zero attached hydrogens (tertiary/aromatic N) is 2. The van der Waals surface area contributed by atoms with Gasteiger partial charge >= 0.3 is 0 Å². The maximum atomic E-state index is 13.6. The summed E-state index contributed by atoms with van der Waals surface area (Å²) in [6.45, 7) is 11.3. The molecule has 222 valence electrons. The van der Waals surface area contributed by atoms with Crippen molar-refractivity contribution in [3.8, 4) is 0 Å². The number of aryl methyl sites for hydroxylation is 1. The van der Waals surface area contributed by atoms with Crippen molar-refractivity contribution >= 4 is 62.2 Å². The Bertz CT molecular complexity index is 1690. The molecule has 11 heteroatoms. The fraction of sp³-hybridized carbons (Fsp3) is 0.355. The van der Waals surface area contributed by atoms with E-state index in [2.05, 4.69) is 29.0 Å². The van der Waals surface area contributed by atoms with Crippen molar-refractivity contribution in [1.82, 2.24) is 14.8 Å². The molecule has 0 spiro atoms. The summed E-state index contributed by atoms with van der Waals surface area (Å²) in [5.74, 6) is -0.755. The normalized spacial score (nSPS) is 17.8. The van der Waals surface area contributed by atoms with Crippen LogP contribution in [0.2, 0.25) is 10.0 Å². The van der Waals surface area contributed by atoms with Gasteiger partial charge in [-0.3, -0.25) is 14.5 Å². The van der Waals surface area contributed by atoms with Crippen LogP contribution in [0.25, 0.3) is 11.6 Å². The number of likely N-dealkylation sites (N-methyl/N-ethyl adjacent to an activating group) is 1. The van der Waals surface area contributed by atoms with Crippen molar-refractivity contribution in [2.24, 2.45) is 0 Å². The van der Waals surface area contributed by atoms with E-state index in [9.17, 15) is 18.0 Å². The number of rotatable bonds is 8. The molecule has 0 aliphatic carbocycles. The van der Waals surface area contributed by atoms with E-state index >= 15 is 0 Å². The third-order valence-corrected chi connectivity index (χ3v) is 10.6. The zero-order valence-electron chi connectivity index (χ0n) is 24.1. The number of hydrogen-bond acceptors (Lipinski definition) is 5. The van der Waals surface area contributed by atoms with Crippen LogP contribution in [0, 0.1) is 13.8 Å². The monoisotopic (exact) mass is 628 g/mol. The molecule has 2 N–H and O–H groups in total. The number of aromatic amines is 1. The summed E-state index contributed by atoms with van der Waals surface area (Å²) in [4.78, 5) is 34.2. The number of amides is 2. The molecule has 42 heavy (non-hydrogen) atoms. The zero-order chi connectivity index (χ0) is 30.3. The maximum Gasteiger partial charge on any atom is 0.256 e. The molecule has 1 saturated heterocycles. The number of likely N-dealkylation sites (tertiary alicyclic amines) is 1. The number of nitrogens with one attached hydrogen (secondary N) is 2. The molecule has 8 nitrogen and oxygen atoms in total. The van der Waals surface area contributed by atoms with Crippen LogP contribution >= 0.6 is 23.2 Å². The van der Waals surface area contributed by atoms with Crippen LogP contribution in [-0.2, 0) is 20.4 Å². The lowest BCUT2D eigenvalue weighted by atomic mass is 10.0. The van der Waals surface area contributed by atoms with Gasteiger partial charge in [-0.2, -0.15) is 0 Å². The molecule has 0 saturated carbocycles. The molecule has 5 rings (SSSR count). The Morgan fingerprint density at radius 2 is 1.81 bits per heavy atom. The van der Waals surface area contributed by atoms with Crippen LogP contribution < -0.4 is 5.32 Å². The van der Waals surface area contributed by atoms with Gasteiger partial charge in [0.15, 0.2) is 9.84 Å². The van der Waals surface area contributed by atoms with Gasteiger partial charge in [-0.15, -0.1) is 0 Å². The van der Waals surface area contributed by atoms with Crippen LogP contribution in [0.4, 0.5) is 5.69 Å². The van der Waals surface area contributed by atoms with Crippen molar-refractivity contribution in [2.45, 2.75) is 50.8 Å². The van der Waals surface area contributed by atoms with E-state index in [4.69, 9.17) is 23.2 Å². The zero-order valence-corrected chi connectivity index (χ0v) is 26.4. The average Bonchev–Trinajstić information content (AvgIpc) is 3.63. The van der Waals surface area contributed by atoms with E-state index in [-0.39, 0.29) is 32.5 Å². The second kappa shape index (κ2) is 11.9. The van der Waals surface area contributed by atoms with Crippen molar-refractivity contribution in [2.75, 3.05) is 31.5 Å². The summed E-state index contributed by atoms with van der Waals surface area (Å²) in [5.41, 5.74) is 4.31. The van der Waals surface area contributed by atoms with Crippen LogP contribution in [0.1, 0.15) is 58.7 Å². The molecule has 1 aromatic heterocycles. The molecule has 0 radical (unpaired) electrons. The first-order chi connectivity index (χ1) is 19.9. The minimum Gasteiger partial charge on any atom is -0.358 e. The van der Waals surface area contributed by atoms with E-state index in [1.807, 2.05) is 18.7 Å². The number of halogens is 2. The van der Waals surface area contributed by atoms with Gasteiger partial charge in [-0.05, 0) is 75.3 Å². The van der Waals surface area contributed by atoms with Gasteiger partial charge in [0, 0.05) is 57.4 Å². The van der Waals surface area contributed by atoms with Crippen molar-refractivity contribution in [3.63, 3.8) is 0 Å². The number of carbonyl (C=O) groups excluding carboxylic acids is 2. The minimum atomic E-state index is -3.84. The molecule has 2 aromatic carbocycles. The second-order valence-corrected chi connectivity index (χ2v) is 13.6. The summed E-state index contributed by atoms with van der Waals surface area (Å²) >= 11 is 12.5. The summed E-state index contributed by atoms with van der Waals surface area (Å²) in [5, 5.41) is 3.35. The highest BCUT2D eigenvalue weighted by molar-refractivity contribution is 7.90. The molecule has 3 heterocycles. The molecule has 0 bridgehead atoms.